The lowest BCUT2D eigenvalue weighted by atomic mass is 10.1. The van der Waals surface area contributed by atoms with Crippen LogP contribution in [-0.4, -0.2) is 36.4 Å². The molecule has 0 radical (unpaired) electrons. The van der Waals surface area contributed by atoms with Crippen molar-refractivity contribution in [2.24, 2.45) is 7.05 Å². The Morgan fingerprint density at radius 1 is 1.07 bits per heavy atom. The average molecular weight is 386 g/mol. The van der Waals surface area contributed by atoms with E-state index in [0.29, 0.717) is 24.7 Å². The monoisotopic (exact) mass is 386 g/mol. The second-order valence-electron chi connectivity index (χ2n) is 6.11. The summed E-state index contributed by atoms with van der Waals surface area (Å²) in [6, 6.07) is 6.46. The molecule has 4 rings (SSSR count). The van der Waals surface area contributed by atoms with E-state index in [4.69, 9.17) is 9.47 Å². The topological polar surface area (TPSA) is 95.3 Å². The number of nitrogens with zero attached hydrogens (tertiary/aromatic N) is 3. The van der Waals surface area contributed by atoms with Crippen molar-refractivity contribution in [3.63, 3.8) is 0 Å². The summed E-state index contributed by atoms with van der Waals surface area (Å²) in [6.07, 6.45) is 6.96. The molecule has 0 spiro atoms. The van der Waals surface area contributed by atoms with E-state index in [1.54, 1.807) is 29.3 Å². The Bertz CT molecular complexity index is 1080. The number of benzene rings is 1. The average Bonchev–Trinajstić information content (AvgIpc) is 3.13. The van der Waals surface area contributed by atoms with Gasteiger partial charge in [0.1, 0.15) is 13.2 Å². The number of ether oxygens (including phenoxy) is 2. The fourth-order valence-electron chi connectivity index (χ4n) is 2.76. The predicted molar refractivity (Wildman–Crippen MR) is 97.9 cm³/mol. The van der Waals surface area contributed by atoms with Crippen molar-refractivity contribution >= 4 is 10.0 Å². The quantitative estimate of drug-likeness (QED) is 0.718. The van der Waals surface area contributed by atoms with Crippen LogP contribution in [0.2, 0.25) is 0 Å². The molecule has 8 nitrogen and oxygen atoms in total. The molecular formula is C18H18N4O4S. The molecule has 140 valence electrons. The fourth-order valence-corrected chi connectivity index (χ4v) is 3.80. The number of sulfonamides is 1. The van der Waals surface area contributed by atoms with Gasteiger partial charge in [0.2, 0.25) is 10.0 Å². The number of rotatable bonds is 5. The van der Waals surface area contributed by atoms with Crippen LogP contribution in [0.15, 0.2) is 53.9 Å². The summed E-state index contributed by atoms with van der Waals surface area (Å²) in [7, 11) is -1.86. The maximum Gasteiger partial charge on any atom is 0.241 e. The molecule has 1 aromatic carbocycles. The van der Waals surface area contributed by atoms with E-state index < -0.39 is 10.0 Å². The van der Waals surface area contributed by atoms with Crippen LogP contribution in [-0.2, 0) is 23.6 Å². The van der Waals surface area contributed by atoms with Gasteiger partial charge in [-0.2, -0.15) is 5.10 Å². The van der Waals surface area contributed by atoms with Gasteiger partial charge < -0.3 is 9.47 Å². The van der Waals surface area contributed by atoms with Crippen LogP contribution in [0.5, 0.6) is 11.5 Å². The van der Waals surface area contributed by atoms with E-state index in [1.807, 2.05) is 19.3 Å². The van der Waals surface area contributed by atoms with Crippen LogP contribution >= 0.6 is 0 Å². The maximum atomic E-state index is 12.6. The highest BCUT2D eigenvalue weighted by Crippen LogP contribution is 2.32. The van der Waals surface area contributed by atoms with Crippen LogP contribution in [0.4, 0.5) is 0 Å². The Kier molecular flexibility index (Phi) is 4.54. The summed E-state index contributed by atoms with van der Waals surface area (Å²) in [5.74, 6) is 0.984. The standard InChI is InChI=1S/C18H18N4O4S/c1-22-12-15(11-20-22)14-6-13(8-19-10-14)9-21-27(23,24)16-2-3-17-18(7-16)26-5-4-25-17/h2-3,6-8,10-12,21H,4-5,9H2,1H3. The maximum absolute atomic E-state index is 12.6. The number of nitrogens with one attached hydrogen (secondary N) is 1. The van der Waals surface area contributed by atoms with Gasteiger partial charge in [-0.3, -0.25) is 9.67 Å². The third kappa shape index (κ3) is 3.79. The van der Waals surface area contributed by atoms with Crippen LogP contribution in [0.25, 0.3) is 11.1 Å². The molecule has 0 atom stereocenters. The molecule has 1 N–H and O–H groups in total. The van der Waals surface area contributed by atoms with E-state index in [0.717, 1.165) is 16.7 Å². The molecule has 9 heteroatoms. The molecule has 0 saturated carbocycles. The summed E-state index contributed by atoms with van der Waals surface area (Å²) < 4.78 is 40.4. The Morgan fingerprint density at radius 3 is 2.67 bits per heavy atom. The molecule has 0 unspecified atom stereocenters. The summed E-state index contributed by atoms with van der Waals surface area (Å²) in [4.78, 5) is 4.32. The summed E-state index contributed by atoms with van der Waals surface area (Å²) in [6.45, 7) is 0.978. The number of fused-ring (bicyclic) bond motifs is 1. The van der Waals surface area contributed by atoms with Crippen LogP contribution in [0, 0.1) is 0 Å². The lowest BCUT2D eigenvalue weighted by Gasteiger charge is -2.19. The highest BCUT2D eigenvalue weighted by molar-refractivity contribution is 7.89. The number of hydrogen-bond donors (Lipinski definition) is 1. The third-order valence-electron chi connectivity index (χ3n) is 4.12. The minimum Gasteiger partial charge on any atom is -0.486 e. The molecule has 0 fully saturated rings. The molecule has 2 aromatic heterocycles. The molecule has 1 aliphatic heterocycles. The summed E-state index contributed by atoms with van der Waals surface area (Å²) in [5, 5.41) is 4.14. The van der Waals surface area contributed by atoms with E-state index in [-0.39, 0.29) is 11.4 Å². The lowest BCUT2D eigenvalue weighted by Crippen LogP contribution is -2.24. The van der Waals surface area contributed by atoms with E-state index in [9.17, 15) is 8.42 Å². The molecule has 0 amide bonds. The Labute approximate surface area is 156 Å². The van der Waals surface area contributed by atoms with Crippen molar-refractivity contribution in [3.05, 3.63) is 54.6 Å². The third-order valence-corrected chi connectivity index (χ3v) is 5.52. The van der Waals surface area contributed by atoms with Gasteiger partial charge in [-0.05, 0) is 23.8 Å². The number of aryl methyl sites for hydroxylation is 1. The fraction of sp³-hybridized carbons (Fsp3) is 0.222. The van der Waals surface area contributed by atoms with Crippen molar-refractivity contribution < 1.29 is 17.9 Å². The molecule has 27 heavy (non-hydrogen) atoms. The highest BCUT2D eigenvalue weighted by atomic mass is 32.2. The van der Waals surface area contributed by atoms with Gasteiger partial charge in [0.15, 0.2) is 11.5 Å². The second-order valence-corrected chi connectivity index (χ2v) is 7.88. The molecule has 3 aromatic rings. The van der Waals surface area contributed by atoms with Gasteiger partial charge in [-0.1, -0.05) is 0 Å². The summed E-state index contributed by atoms with van der Waals surface area (Å²) >= 11 is 0. The number of aromatic nitrogens is 3. The van der Waals surface area contributed by atoms with Gasteiger partial charge in [-0.15, -0.1) is 0 Å². The first-order valence-corrected chi connectivity index (χ1v) is 9.82. The SMILES string of the molecule is Cn1cc(-c2cncc(CNS(=O)(=O)c3ccc4c(c3)OCCO4)c2)cn1. The zero-order valence-corrected chi connectivity index (χ0v) is 15.4. The van der Waals surface area contributed by atoms with Gasteiger partial charge in [0.05, 0.1) is 11.1 Å². The summed E-state index contributed by atoms with van der Waals surface area (Å²) in [5.41, 5.74) is 2.54. The van der Waals surface area contributed by atoms with Crippen LogP contribution in [0.1, 0.15) is 5.56 Å². The van der Waals surface area contributed by atoms with Crippen molar-refractivity contribution in [1.29, 1.82) is 0 Å². The van der Waals surface area contributed by atoms with Crippen molar-refractivity contribution in [2.45, 2.75) is 11.4 Å². The molecule has 3 heterocycles. The largest absolute Gasteiger partial charge is 0.486 e. The zero-order chi connectivity index (χ0) is 18.9. The van der Waals surface area contributed by atoms with Crippen molar-refractivity contribution in [1.82, 2.24) is 19.5 Å². The van der Waals surface area contributed by atoms with Crippen LogP contribution < -0.4 is 14.2 Å². The van der Waals surface area contributed by atoms with E-state index in [1.165, 1.54) is 12.1 Å². The second kappa shape index (κ2) is 7.01. The van der Waals surface area contributed by atoms with Gasteiger partial charge in [0.25, 0.3) is 0 Å². The van der Waals surface area contributed by atoms with Gasteiger partial charge >= 0.3 is 0 Å². The smallest absolute Gasteiger partial charge is 0.241 e. The molecular weight excluding hydrogens is 368 g/mol. The van der Waals surface area contributed by atoms with Crippen molar-refractivity contribution in [2.75, 3.05) is 13.2 Å². The molecule has 0 aliphatic carbocycles. The van der Waals surface area contributed by atoms with Gasteiger partial charge in [0, 0.05) is 49.4 Å². The lowest BCUT2D eigenvalue weighted by molar-refractivity contribution is 0.171. The highest BCUT2D eigenvalue weighted by Gasteiger charge is 2.19. The minimum atomic E-state index is -3.70. The zero-order valence-electron chi connectivity index (χ0n) is 14.6. The predicted octanol–water partition coefficient (Wildman–Crippen LogP) is 1.73. The molecule has 0 bridgehead atoms. The van der Waals surface area contributed by atoms with E-state index in [2.05, 4.69) is 14.8 Å². The first kappa shape index (κ1) is 17.5. The Balaban J connectivity index is 1.51. The normalized spacial score (nSPS) is 13.5. The molecule has 0 saturated heterocycles. The Hall–Kier alpha value is -2.91. The minimum absolute atomic E-state index is 0.123. The Morgan fingerprint density at radius 2 is 1.89 bits per heavy atom. The van der Waals surface area contributed by atoms with Crippen LogP contribution in [0.3, 0.4) is 0 Å². The van der Waals surface area contributed by atoms with Crippen molar-refractivity contribution in [3.8, 4) is 22.6 Å². The first-order valence-electron chi connectivity index (χ1n) is 8.33. The first-order chi connectivity index (χ1) is 13.0. The number of pyridine rings is 1. The number of hydrogen-bond acceptors (Lipinski definition) is 6. The molecule has 1 aliphatic rings. The van der Waals surface area contributed by atoms with E-state index >= 15 is 0 Å². The van der Waals surface area contributed by atoms with Gasteiger partial charge in [-0.25, -0.2) is 13.1 Å².